The smallest absolute Gasteiger partial charge is 0.497 e. The summed E-state index contributed by atoms with van der Waals surface area (Å²) in [4.78, 5) is 28.6. The van der Waals surface area contributed by atoms with E-state index in [1.807, 2.05) is 49.4 Å². The van der Waals surface area contributed by atoms with Crippen LogP contribution < -0.4 is 14.2 Å². The van der Waals surface area contributed by atoms with Crippen LogP contribution in [0.4, 0.5) is 9.59 Å². The summed E-state index contributed by atoms with van der Waals surface area (Å²) in [5.41, 5.74) is 1.80. The number of benzene rings is 2. The van der Waals surface area contributed by atoms with E-state index in [-0.39, 0.29) is 24.8 Å². The lowest BCUT2D eigenvalue weighted by molar-refractivity contribution is 0.0275. The van der Waals surface area contributed by atoms with Crippen molar-refractivity contribution in [3.63, 3.8) is 0 Å². The van der Waals surface area contributed by atoms with Gasteiger partial charge >= 0.3 is 12.2 Å². The summed E-state index contributed by atoms with van der Waals surface area (Å²) in [6.07, 6.45) is 0.233. The molecule has 10 nitrogen and oxygen atoms in total. The van der Waals surface area contributed by atoms with Gasteiger partial charge in [0.15, 0.2) is 11.5 Å². The van der Waals surface area contributed by atoms with Crippen molar-refractivity contribution in [2.45, 2.75) is 51.2 Å². The summed E-state index contributed by atoms with van der Waals surface area (Å²) >= 11 is 0. The number of ether oxygens (including phenoxy) is 5. The fraction of sp³-hybridized carbons (Fsp3) is 0.517. The quantitative estimate of drug-likeness (QED) is 0.359. The van der Waals surface area contributed by atoms with Crippen LogP contribution in [0, 0.1) is 0 Å². The molecule has 0 saturated carbocycles. The number of rotatable bonds is 12. The molecule has 4 rings (SSSR count). The van der Waals surface area contributed by atoms with E-state index in [0.717, 1.165) is 30.4 Å². The SMILES string of the molecule is CCCCN(CCN1C[C@H](c2ccc3c(c2)OCO3)[C@H](OC(=O)O)[C@H]1c1ccc(OC)cc1)C(=O)OCCC. The van der Waals surface area contributed by atoms with Gasteiger partial charge in [-0.15, -0.1) is 0 Å². The summed E-state index contributed by atoms with van der Waals surface area (Å²) in [5, 5.41) is 9.72. The van der Waals surface area contributed by atoms with Crippen LogP contribution in [-0.4, -0.2) is 79.9 Å². The second-order valence-corrected chi connectivity index (χ2v) is 9.74. The van der Waals surface area contributed by atoms with Crippen LogP contribution in [0.1, 0.15) is 56.2 Å². The van der Waals surface area contributed by atoms with Crippen molar-refractivity contribution in [2.75, 3.05) is 46.7 Å². The van der Waals surface area contributed by atoms with Crippen molar-refractivity contribution in [3.8, 4) is 17.2 Å². The topological polar surface area (TPSA) is 107 Å². The molecule has 2 heterocycles. The third-order valence-electron chi connectivity index (χ3n) is 7.18. The number of methoxy groups -OCH3 is 1. The highest BCUT2D eigenvalue weighted by Crippen LogP contribution is 2.45. The molecule has 0 spiro atoms. The van der Waals surface area contributed by atoms with Gasteiger partial charge in [-0.25, -0.2) is 9.59 Å². The molecule has 0 radical (unpaired) electrons. The Bertz CT molecular complexity index is 1110. The lowest BCUT2D eigenvalue weighted by Gasteiger charge is -2.30. The van der Waals surface area contributed by atoms with Crippen molar-refractivity contribution in [1.82, 2.24) is 9.80 Å². The maximum absolute atomic E-state index is 12.8. The first kappa shape index (κ1) is 28.4. The van der Waals surface area contributed by atoms with Gasteiger partial charge < -0.3 is 33.7 Å². The number of hydrogen-bond donors (Lipinski definition) is 1. The Balaban J connectivity index is 1.64. The Morgan fingerprint density at radius 1 is 1.03 bits per heavy atom. The third kappa shape index (κ3) is 6.86. The standard InChI is InChI=1S/C29H38N2O8/c1-4-6-13-30(28(32)36-16-5-2)14-15-31-18-23(21-9-12-24-25(17-21)38-19-37-24)27(39-29(33)34)26(31)20-7-10-22(35-3)11-8-20/h7-12,17,23,26-27H,4-6,13-16,18-19H2,1-3H3,(H,33,34)/t23-,26-,27+/m1/s1. The predicted molar refractivity (Wildman–Crippen MR) is 144 cm³/mol. The zero-order chi connectivity index (χ0) is 27.8. The minimum atomic E-state index is -1.33. The molecular formula is C29H38N2O8. The molecule has 2 aromatic carbocycles. The van der Waals surface area contributed by atoms with Crippen LogP contribution in [0.3, 0.4) is 0 Å². The van der Waals surface area contributed by atoms with E-state index in [2.05, 4.69) is 11.8 Å². The average molecular weight is 543 g/mol. The minimum Gasteiger partial charge on any atom is -0.497 e. The van der Waals surface area contributed by atoms with Crippen molar-refractivity contribution >= 4 is 12.2 Å². The first-order valence-electron chi connectivity index (χ1n) is 13.5. The summed E-state index contributed by atoms with van der Waals surface area (Å²) in [7, 11) is 1.60. The van der Waals surface area contributed by atoms with Gasteiger partial charge in [0.05, 0.1) is 19.8 Å². The zero-order valence-electron chi connectivity index (χ0n) is 22.8. The summed E-state index contributed by atoms with van der Waals surface area (Å²) in [5.74, 6) is 1.73. The van der Waals surface area contributed by atoms with Gasteiger partial charge in [0.25, 0.3) is 0 Å². The van der Waals surface area contributed by atoms with E-state index in [1.54, 1.807) is 12.0 Å². The van der Waals surface area contributed by atoms with Crippen molar-refractivity contribution in [3.05, 3.63) is 53.6 Å². The Kier molecular flexibility index (Phi) is 9.75. The van der Waals surface area contributed by atoms with Crippen LogP contribution in [0.2, 0.25) is 0 Å². The molecule has 3 atom stereocenters. The molecule has 212 valence electrons. The third-order valence-corrected chi connectivity index (χ3v) is 7.18. The van der Waals surface area contributed by atoms with Gasteiger partial charge in [0.1, 0.15) is 11.9 Å². The molecule has 0 aliphatic carbocycles. The van der Waals surface area contributed by atoms with Crippen molar-refractivity contribution < 1.29 is 38.4 Å². The summed E-state index contributed by atoms with van der Waals surface area (Å²) in [6.45, 7) is 6.67. The Morgan fingerprint density at radius 2 is 1.77 bits per heavy atom. The van der Waals surface area contributed by atoms with E-state index in [9.17, 15) is 14.7 Å². The summed E-state index contributed by atoms with van der Waals surface area (Å²) < 4.78 is 27.4. The molecule has 10 heteroatoms. The number of carboxylic acid groups (broad SMARTS) is 1. The van der Waals surface area contributed by atoms with E-state index in [1.165, 1.54) is 0 Å². The number of amides is 1. The van der Waals surface area contributed by atoms with Gasteiger partial charge in [-0.2, -0.15) is 0 Å². The normalized spacial score (nSPS) is 20.0. The molecular weight excluding hydrogens is 504 g/mol. The van der Waals surface area contributed by atoms with E-state index < -0.39 is 12.3 Å². The fourth-order valence-corrected chi connectivity index (χ4v) is 5.20. The monoisotopic (exact) mass is 542 g/mol. The van der Waals surface area contributed by atoms with Gasteiger partial charge in [0.2, 0.25) is 6.79 Å². The molecule has 0 unspecified atom stereocenters. The number of hydrogen-bond acceptors (Lipinski definition) is 8. The number of likely N-dealkylation sites (tertiary alicyclic amines) is 1. The molecule has 2 aliphatic rings. The molecule has 1 amide bonds. The Morgan fingerprint density at radius 3 is 2.46 bits per heavy atom. The first-order chi connectivity index (χ1) is 18.9. The lowest BCUT2D eigenvalue weighted by Crippen LogP contribution is -2.40. The van der Waals surface area contributed by atoms with Gasteiger partial charge in [-0.3, -0.25) is 4.90 Å². The highest BCUT2D eigenvalue weighted by atomic mass is 16.7. The average Bonchev–Trinajstić information content (AvgIpc) is 3.55. The van der Waals surface area contributed by atoms with Crippen LogP contribution in [-0.2, 0) is 9.47 Å². The number of carbonyl (C=O) groups is 2. The highest BCUT2D eigenvalue weighted by molar-refractivity contribution is 5.67. The van der Waals surface area contributed by atoms with Crippen molar-refractivity contribution in [2.24, 2.45) is 0 Å². The van der Waals surface area contributed by atoms with Crippen LogP contribution >= 0.6 is 0 Å². The zero-order valence-corrected chi connectivity index (χ0v) is 22.8. The number of fused-ring (bicyclic) bond motifs is 1. The minimum absolute atomic E-state index is 0.154. The molecule has 0 aromatic heterocycles. The molecule has 1 saturated heterocycles. The molecule has 39 heavy (non-hydrogen) atoms. The van der Waals surface area contributed by atoms with E-state index >= 15 is 0 Å². The molecule has 0 bridgehead atoms. The number of nitrogens with zero attached hydrogens (tertiary/aromatic N) is 2. The number of carbonyl (C=O) groups excluding carboxylic acids is 1. The second kappa shape index (κ2) is 13.4. The predicted octanol–water partition coefficient (Wildman–Crippen LogP) is 5.28. The fourth-order valence-electron chi connectivity index (χ4n) is 5.20. The highest BCUT2D eigenvalue weighted by Gasteiger charge is 2.46. The maximum Gasteiger partial charge on any atom is 0.506 e. The molecule has 2 aromatic rings. The Labute approximate surface area is 229 Å². The lowest BCUT2D eigenvalue weighted by atomic mass is 9.90. The largest absolute Gasteiger partial charge is 0.506 e. The first-order valence-corrected chi connectivity index (χ1v) is 13.5. The number of unbranched alkanes of at least 4 members (excludes halogenated alkanes) is 1. The van der Waals surface area contributed by atoms with E-state index in [0.29, 0.717) is 50.0 Å². The Hall–Kier alpha value is -3.66. The van der Waals surface area contributed by atoms with E-state index in [4.69, 9.17) is 23.7 Å². The summed E-state index contributed by atoms with van der Waals surface area (Å²) in [6, 6.07) is 12.9. The maximum atomic E-state index is 12.8. The molecule has 1 fully saturated rings. The second-order valence-electron chi connectivity index (χ2n) is 9.74. The van der Waals surface area contributed by atoms with Gasteiger partial charge in [0, 0.05) is 32.1 Å². The molecule has 2 aliphatic heterocycles. The van der Waals surface area contributed by atoms with Crippen LogP contribution in [0.5, 0.6) is 17.2 Å². The molecule has 1 N–H and O–H groups in total. The van der Waals surface area contributed by atoms with Crippen LogP contribution in [0.15, 0.2) is 42.5 Å². The van der Waals surface area contributed by atoms with Crippen LogP contribution in [0.25, 0.3) is 0 Å². The van der Waals surface area contributed by atoms with Crippen molar-refractivity contribution in [1.29, 1.82) is 0 Å². The van der Waals surface area contributed by atoms with Gasteiger partial charge in [-0.05, 0) is 48.2 Å². The van der Waals surface area contributed by atoms with Gasteiger partial charge in [-0.1, -0.05) is 38.5 Å².